The van der Waals surface area contributed by atoms with Crippen LogP contribution in [0, 0.1) is 5.92 Å². The predicted octanol–water partition coefficient (Wildman–Crippen LogP) is 3.93. The minimum Gasteiger partial charge on any atom is -0.481 e. The number of benzene rings is 1. The van der Waals surface area contributed by atoms with Gasteiger partial charge in [-0.15, -0.1) is 0 Å². The fourth-order valence-corrected chi connectivity index (χ4v) is 6.47. The lowest BCUT2D eigenvalue weighted by Gasteiger charge is -2.40. The van der Waals surface area contributed by atoms with E-state index < -0.39 is 23.8 Å². The summed E-state index contributed by atoms with van der Waals surface area (Å²) in [4.78, 5) is 33.4. The molecule has 1 aliphatic carbocycles. The van der Waals surface area contributed by atoms with Crippen molar-refractivity contribution in [2.75, 3.05) is 44.6 Å². The van der Waals surface area contributed by atoms with Gasteiger partial charge in [-0.3, -0.25) is 14.7 Å². The molecule has 1 aromatic rings. The van der Waals surface area contributed by atoms with Crippen molar-refractivity contribution in [3.63, 3.8) is 0 Å². The Morgan fingerprint density at radius 1 is 1.03 bits per heavy atom. The quantitative estimate of drug-likeness (QED) is 0.266. The van der Waals surface area contributed by atoms with Gasteiger partial charge in [-0.25, -0.2) is 4.79 Å². The average Bonchev–Trinajstić information content (AvgIpc) is 2.91. The molecule has 4 N–H and O–H groups in total. The third kappa shape index (κ3) is 7.43. The van der Waals surface area contributed by atoms with Crippen molar-refractivity contribution < 1.29 is 19.8 Å². The fourth-order valence-electron chi connectivity index (χ4n) is 6.25. The molecule has 0 spiro atoms. The Balaban J connectivity index is 1.23. The SMILES string of the molecule is CC1=NC(C)=C(C(=O)O)C(c2ccc(NC(=S)NCCCN3CCN(C4CCCCC4)CC3)cc2)C1C(=O)O. The van der Waals surface area contributed by atoms with Crippen LogP contribution >= 0.6 is 12.2 Å². The number of hydrogen-bond donors (Lipinski definition) is 4. The second kappa shape index (κ2) is 13.5. The molecule has 0 aromatic heterocycles. The van der Waals surface area contributed by atoms with E-state index in [0.29, 0.717) is 22.1 Å². The summed E-state index contributed by atoms with van der Waals surface area (Å²) in [5, 5.41) is 26.6. The zero-order valence-corrected chi connectivity index (χ0v) is 23.8. The highest BCUT2D eigenvalue weighted by Crippen LogP contribution is 2.39. The van der Waals surface area contributed by atoms with Crippen molar-refractivity contribution in [2.45, 2.75) is 64.3 Å². The Labute approximate surface area is 236 Å². The zero-order valence-electron chi connectivity index (χ0n) is 23.0. The summed E-state index contributed by atoms with van der Waals surface area (Å²) < 4.78 is 0. The molecule has 2 atom stereocenters. The summed E-state index contributed by atoms with van der Waals surface area (Å²) in [5.74, 6) is -4.09. The van der Waals surface area contributed by atoms with E-state index in [1.54, 1.807) is 38.1 Å². The molecule has 2 fully saturated rings. The van der Waals surface area contributed by atoms with Crippen molar-refractivity contribution in [1.82, 2.24) is 15.1 Å². The molecule has 1 aromatic carbocycles. The Bertz CT molecular complexity index is 1110. The van der Waals surface area contributed by atoms with Crippen molar-refractivity contribution in [2.24, 2.45) is 10.9 Å². The topological polar surface area (TPSA) is 117 Å². The number of aliphatic imine (C=N–C) groups is 1. The second-order valence-electron chi connectivity index (χ2n) is 10.9. The van der Waals surface area contributed by atoms with Crippen molar-refractivity contribution in [3.8, 4) is 0 Å². The van der Waals surface area contributed by atoms with Gasteiger partial charge < -0.3 is 25.7 Å². The molecule has 9 nitrogen and oxygen atoms in total. The van der Waals surface area contributed by atoms with Crippen LogP contribution in [0.15, 0.2) is 40.5 Å². The molecule has 0 amide bonds. The van der Waals surface area contributed by atoms with E-state index in [1.807, 2.05) is 0 Å². The first kappa shape index (κ1) is 29.2. The molecular formula is C29H41N5O4S. The summed E-state index contributed by atoms with van der Waals surface area (Å²) in [6.07, 6.45) is 7.92. The van der Waals surface area contributed by atoms with Crippen LogP contribution < -0.4 is 10.6 Å². The van der Waals surface area contributed by atoms with Gasteiger partial charge in [0.25, 0.3) is 0 Å². The number of rotatable bonds is 9. The van der Waals surface area contributed by atoms with Gasteiger partial charge in [0, 0.05) is 61.8 Å². The fraction of sp³-hybridized carbons (Fsp3) is 0.586. The highest BCUT2D eigenvalue weighted by Gasteiger charge is 2.41. The summed E-state index contributed by atoms with van der Waals surface area (Å²) in [6, 6.07) is 7.91. The smallest absolute Gasteiger partial charge is 0.334 e. The lowest BCUT2D eigenvalue weighted by Crippen LogP contribution is -2.51. The zero-order chi connectivity index (χ0) is 27.9. The number of nitrogens with one attached hydrogen (secondary N) is 2. The molecular weight excluding hydrogens is 514 g/mol. The third-order valence-corrected chi connectivity index (χ3v) is 8.53. The number of carbonyl (C=O) groups is 2. The number of piperazine rings is 1. The first-order chi connectivity index (χ1) is 18.7. The van der Waals surface area contributed by atoms with Crippen LogP contribution in [0.1, 0.15) is 63.9 Å². The second-order valence-corrected chi connectivity index (χ2v) is 11.3. The number of carboxylic acid groups (broad SMARTS) is 2. The molecule has 39 heavy (non-hydrogen) atoms. The van der Waals surface area contributed by atoms with Crippen molar-refractivity contribution >= 4 is 40.7 Å². The molecule has 4 rings (SSSR count). The van der Waals surface area contributed by atoms with Crippen LogP contribution in [0.25, 0.3) is 0 Å². The van der Waals surface area contributed by atoms with E-state index in [0.717, 1.165) is 44.3 Å². The van der Waals surface area contributed by atoms with Crippen LogP contribution in [-0.4, -0.2) is 88.1 Å². The maximum absolute atomic E-state index is 12.0. The molecule has 212 valence electrons. The van der Waals surface area contributed by atoms with Gasteiger partial charge in [0.15, 0.2) is 5.11 Å². The van der Waals surface area contributed by atoms with Crippen LogP contribution in [0.2, 0.25) is 0 Å². The molecule has 2 unspecified atom stereocenters. The highest BCUT2D eigenvalue weighted by atomic mass is 32.1. The first-order valence-electron chi connectivity index (χ1n) is 14.1. The number of thiocarbonyl (C=S) groups is 1. The van der Waals surface area contributed by atoms with Gasteiger partial charge in [-0.2, -0.15) is 0 Å². The number of allylic oxidation sites excluding steroid dienone is 1. The summed E-state index contributed by atoms with van der Waals surface area (Å²) in [5.41, 5.74) is 2.11. The predicted molar refractivity (Wildman–Crippen MR) is 157 cm³/mol. The standard InChI is InChI=1S/C29H41N5O4S/c1-19-24(27(35)36)26(25(28(37)38)20(2)31-19)21-9-11-22(12-10-21)32-29(39)30-13-6-14-33-15-17-34(18-16-33)23-7-4-3-5-8-23/h9-12,23-24,26H,3-8,13-18H2,1-2H3,(H,35,36)(H,37,38)(H2,30,32,39). The van der Waals surface area contributed by atoms with E-state index in [4.69, 9.17) is 12.2 Å². The molecule has 3 aliphatic rings. The van der Waals surface area contributed by atoms with Gasteiger partial charge >= 0.3 is 11.9 Å². The van der Waals surface area contributed by atoms with E-state index in [9.17, 15) is 19.8 Å². The minimum atomic E-state index is -1.15. The van der Waals surface area contributed by atoms with Gasteiger partial charge in [0.2, 0.25) is 0 Å². The largest absolute Gasteiger partial charge is 0.481 e. The van der Waals surface area contributed by atoms with Crippen LogP contribution in [0.3, 0.4) is 0 Å². The number of nitrogens with zero attached hydrogens (tertiary/aromatic N) is 3. The number of anilines is 1. The normalized spacial score (nSPS) is 23.3. The first-order valence-corrected chi connectivity index (χ1v) is 14.5. The summed E-state index contributed by atoms with van der Waals surface area (Å²) in [7, 11) is 0. The lowest BCUT2D eigenvalue weighted by atomic mass is 9.75. The Morgan fingerprint density at radius 2 is 1.69 bits per heavy atom. The molecule has 1 saturated carbocycles. The Hall–Kier alpha value is -2.82. The van der Waals surface area contributed by atoms with Crippen LogP contribution in [0.4, 0.5) is 5.69 Å². The summed E-state index contributed by atoms with van der Waals surface area (Å²) in [6.45, 7) is 9.70. The van der Waals surface area contributed by atoms with Crippen LogP contribution in [0.5, 0.6) is 0 Å². The van der Waals surface area contributed by atoms with E-state index in [-0.39, 0.29) is 5.57 Å². The number of carboxylic acids is 2. The minimum absolute atomic E-state index is 0.0151. The monoisotopic (exact) mass is 555 g/mol. The molecule has 10 heteroatoms. The Morgan fingerprint density at radius 3 is 2.31 bits per heavy atom. The average molecular weight is 556 g/mol. The number of aliphatic carboxylic acids is 2. The maximum atomic E-state index is 12.0. The molecule has 0 bridgehead atoms. The van der Waals surface area contributed by atoms with Gasteiger partial charge in [-0.1, -0.05) is 31.4 Å². The third-order valence-electron chi connectivity index (χ3n) is 8.29. The summed E-state index contributed by atoms with van der Waals surface area (Å²) >= 11 is 5.47. The highest BCUT2D eigenvalue weighted by molar-refractivity contribution is 7.80. The van der Waals surface area contributed by atoms with Gasteiger partial charge in [0.05, 0.1) is 5.57 Å². The lowest BCUT2D eigenvalue weighted by molar-refractivity contribution is -0.140. The van der Waals surface area contributed by atoms with E-state index >= 15 is 0 Å². The maximum Gasteiger partial charge on any atom is 0.334 e. The van der Waals surface area contributed by atoms with E-state index in [1.165, 1.54) is 45.2 Å². The molecule has 2 heterocycles. The Kier molecular flexibility index (Phi) is 10.1. The number of hydrogen-bond acceptors (Lipinski definition) is 6. The van der Waals surface area contributed by atoms with Crippen LogP contribution in [-0.2, 0) is 9.59 Å². The van der Waals surface area contributed by atoms with Gasteiger partial charge in [-0.05, 0) is 69.6 Å². The van der Waals surface area contributed by atoms with E-state index in [2.05, 4.69) is 25.4 Å². The van der Waals surface area contributed by atoms with Crippen molar-refractivity contribution in [3.05, 3.63) is 41.1 Å². The molecule has 0 radical (unpaired) electrons. The molecule has 2 aliphatic heterocycles. The van der Waals surface area contributed by atoms with Crippen molar-refractivity contribution in [1.29, 1.82) is 0 Å². The molecule has 1 saturated heterocycles. The van der Waals surface area contributed by atoms with Gasteiger partial charge in [0.1, 0.15) is 5.92 Å².